The van der Waals surface area contributed by atoms with Crippen molar-refractivity contribution in [1.29, 1.82) is 0 Å². The molecule has 0 aliphatic carbocycles. The molecule has 18 heavy (non-hydrogen) atoms. The van der Waals surface area contributed by atoms with Crippen LogP contribution >= 0.6 is 0 Å². The molecule has 0 unspecified atom stereocenters. The largest absolute Gasteiger partial charge is 0.461 e. The monoisotopic (exact) mass is 281 g/mol. The van der Waals surface area contributed by atoms with Crippen LogP contribution in [0.4, 0.5) is 4.79 Å². The van der Waals surface area contributed by atoms with Crippen molar-refractivity contribution < 1.29 is 22.7 Å². The van der Waals surface area contributed by atoms with Gasteiger partial charge in [0.15, 0.2) is 0 Å². The van der Waals surface area contributed by atoms with E-state index in [-0.39, 0.29) is 12.1 Å². The Morgan fingerprint density at radius 3 is 2.17 bits per heavy atom. The van der Waals surface area contributed by atoms with Crippen LogP contribution in [-0.2, 0) is 19.7 Å². The summed E-state index contributed by atoms with van der Waals surface area (Å²) >= 11 is 0. The van der Waals surface area contributed by atoms with E-state index in [1.165, 1.54) is 0 Å². The fourth-order valence-corrected chi connectivity index (χ4v) is 1.82. The zero-order valence-corrected chi connectivity index (χ0v) is 11.9. The molecular formula is C9H19N3O5S. The van der Waals surface area contributed by atoms with Crippen molar-refractivity contribution in [2.24, 2.45) is 4.40 Å². The van der Waals surface area contributed by atoms with Gasteiger partial charge in [-0.15, -0.1) is 0 Å². The summed E-state index contributed by atoms with van der Waals surface area (Å²) < 4.78 is 38.0. The van der Waals surface area contributed by atoms with Crippen LogP contribution in [0.5, 0.6) is 0 Å². The first-order valence-corrected chi connectivity index (χ1v) is 6.74. The van der Waals surface area contributed by atoms with Gasteiger partial charge in [-0.25, -0.2) is 10.1 Å². The van der Waals surface area contributed by atoms with E-state index in [2.05, 4.69) is 19.2 Å². The number of hydrogen-bond acceptors (Lipinski definition) is 5. The second-order valence-electron chi connectivity index (χ2n) is 3.93. The summed E-state index contributed by atoms with van der Waals surface area (Å²) in [5.74, 6) is 0. The summed E-state index contributed by atoms with van der Waals surface area (Å²) in [6.45, 7) is 6.61. The number of hydrogen-bond donors (Lipinski definition) is 2. The maximum Gasteiger partial charge on any atom is 0.414 e. The van der Waals surface area contributed by atoms with Crippen LogP contribution in [-0.4, -0.2) is 39.8 Å². The second kappa shape index (κ2) is 7.17. The molecule has 0 saturated heterocycles. The number of amides is 1. The Bertz CT molecular complexity index is 402. The third-order valence-corrected chi connectivity index (χ3v) is 2.50. The van der Waals surface area contributed by atoms with Crippen LogP contribution < -0.4 is 10.0 Å². The first kappa shape index (κ1) is 16.6. The standard InChI is InChI=1S/C9H19N3O5S/c1-6(2)11-18(14,15)12-8(17-7(3)4)10-9(13)16-5/h6-7,11H,1-5H3,(H,10,12,13). The topological polar surface area (TPSA) is 106 Å². The Labute approximate surface area is 107 Å². The van der Waals surface area contributed by atoms with Crippen molar-refractivity contribution in [3.63, 3.8) is 0 Å². The average molecular weight is 281 g/mol. The number of amidine groups is 1. The Hall–Kier alpha value is -1.35. The minimum atomic E-state index is -3.94. The minimum Gasteiger partial charge on any atom is -0.461 e. The summed E-state index contributed by atoms with van der Waals surface area (Å²) in [5.41, 5.74) is 0. The summed E-state index contributed by atoms with van der Waals surface area (Å²) in [6.07, 6.45) is -1.22. The highest BCUT2D eigenvalue weighted by molar-refractivity contribution is 7.88. The first-order valence-electron chi connectivity index (χ1n) is 5.30. The Morgan fingerprint density at radius 1 is 1.22 bits per heavy atom. The van der Waals surface area contributed by atoms with Gasteiger partial charge in [0.2, 0.25) is 0 Å². The van der Waals surface area contributed by atoms with Gasteiger partial charge in [0.25, 0.3) is 0 Å². The molecule has 0 bridgehead atoms. The van der Waals surface area contributed by atoms with Crippen LogP contribution in [0.2, 0.25) is 0 Å². The molecule has 8 nitrogen and oxygen atoms in total. The molecule has 1 amide bonds. The minimum absolute atomic E-state index is 0.322. The molecular weight excluding hydrogens is 262 g/mol. The maximum atomic E-state index is 11.5. The second-order valence-corrected chi connectivity index (χ2v) is 5.30. The quantitative estimate of drug-likeness (QED) is 0.572. The van der Waals surface area contributed by atoms with E-state index in [9.17, 15) is 13.2 Å². The molecule has 0 aliphatic rings. The van der Waals surface area contributed by atoms with Crippen LogP contribution in [0.15, 0.2) is 4.40 Å². The smallest absolute Gasteiger partial charge is 0.414 e. The predicted molar refractivity (Wildman–Crippen MR) is 66.4 cm³/mol. The van der Waals surface area contributed by atoms with Crippen LogP contribution in [0.25, 0.3) is 0 Å². The molecule has 0 radical (unpaired) electrons. The fourth-order valence-electron chi connectivity index (χ4n) is 0.869. The lowest BCUT2D eigenvalue weighted by Gasteiger charge is -2.13. The van der Waals surface area contributed by atoms with Crippen LogP contribution in [0.1, 0.15) is 27.7 Å². The molecule has 0 aliphatic heterocycles. The zero-order chi connectivity index (χ0) is 14.3. The van der Waals surface area contributed by atoms with E-state index < -0.39 is 22.3 Å². The van der Waals surface area contributed by atoms with Gasteiger partial charge >= 0.3 is 22.3 Å². The molecule has 0 rings (SSSR count). The van der Waals surface area contributed by atoms with Gasteiger partial charge in [-0.05, 0) is 27.7 Å². The summed E-state index contributed by atoms with van der Waals surface area (Å²) in [5, 5.41) is 2.07. The molecule has 0 atom stereocenters. The van der Waals surface area contributed by atoms with Crippen molar-refractivity contribution in [3.05, 3.63) is 0 Å². The van der Waals surface area contributed by atoms with Crippen LogP contribution in [0.3, 0.4) is 0 Å². The highest BCUT2D eigenvalue weighted by Crippen LogP contribution is 1.96. The lowest BCUT2D eigenvalue weighted by atomic mass is 10.4. The Kier molecular flexibility index (Phi) is 6.63. The van der Waals surface area contributed by atoms with Crippen molar-refractivity contribution in [2.75, 3.05) is 7.11 Å². The molecule has 0 saturated carbocycles. The highest BCUT2D eigenvalue weighted by atomic mass is 32.2. The molecule has 2 N–H and O–H groups in total. The molecule has 0 aromatic rings. The molecule has 0 fully saturated rings. The zero-order valence-electron chi connectivity index (χ0n) is 11.1. The molecule has 0 heterocycles. The number of carbonyl (C=O) groups is 1. The Morgan fingerprint density at radius 2 is 1.78 bits per heavy atom. The third kappa shape index (κ3) is 7.85. The van der Waals surface area contributed by atoms with Gasteiger partial charge in [0, 0.05) is 6.04 Å². The van der Waals surface area contributed by atoms with E-state index in [0.29, 0.717) is 0 Å². The molecule has 0 aromatic carbocycles. The van der Waals surface area contributed by atoms with Gasteiger partial charge < -0.3 is 9.47 Å². The number of ether oxygens (including phenoxy) is 2. The average Bonchev–Trinajstić information content (AvgIpc) is 2.12. The summed E-state index contributed by atoms with van der Waals surface area (Å²) in [7, 11) is -2.79. The summed E-state index contributed by atoms with van der Waals surface area (Å²) in [4.78, 5) is 11.0. The van der Waals surface area contributed by atoms with Crippen molar-refractivity contribution in [3.8, 4) is 0 Å². The number of methoxy groups -OCH3 is 1. The number of nitrogens with one attached hydrogen (secondary N) is 2. The van der Waals surface area contributed by atoms with E-state index in [1.54, 1.807) is 27.7 Å². The molecule has 106 valence electrons. The SMILES string of the molecule is COC(=O)N/C(=N/S(=O)(=O)NC(C)C)OC(C)C. The van der Waals surface area contributed by atoms with Gasteiger partial charge in [-0.1, -0.05) is 4.40 Å². The maximum absolute atomic E-state index is 11.5. The van der Waals surface area contributed by atoms with E-state index in [1.807, 2.05) is 0 Å². The number of carbonyl (C=O) groups excluding carboxylic acids is 1. The van der Waals surface area contributed by atoms with Crippen molar-refractivity contribution in [2.45, 2.75) is 39.8 Å². The third-order valence-electron chi connectivity index (χ3n) is 1.33. The molecule has 9 heteroatoms. The summed E-state index contributed by atoms with van der Waals surface area (Å²) in [6, 6.07) is -0.762. The van der Waals surface area contributed by atoms with Crippen molar-refractivity contribution >= 4 is 22.3 Å². The number of alkyl carbamates (subject to hydrolysis) is 1. The van der Waals surface area contributed by atoms with Crippen molar-refractivity contribution in [1.82, 2.24) is 10.0 Å². The lowest BCUT2D eigenvalue weighted by Crippen LogP contribution is -2.37. The fraction of sp³-hybridized carbons (Fsp3) is 0.778. The Balaban J connectivity index is 4.99. The predicted octanol–water partition coefficient (Wildman–Crippen LogP) is 0.366. The van der Waals surface area contributed by atoms with E-state index >= 15 is 0 Å². The van der Waals surface area contributed by atoms with Crippen LogP contribution in [0, 0.1) is 0 Å². The number of rotatable bonds is 4. The molecule has 0 aromatic heterocycles. The van der Waals surface area contributed by atoms with E-state index in [0.717, 1.165) is 7.11 Å². The van der Waals surface area contributed by atoms with Gasteiger partial charge in [-0.3, -0.25) is 0 Å². The lowest BCUT2D eigenvalue weighted by molar-refractivity contribution is 0.167. The first-order chi connectivity index (χ1) is 8.16. The highest BCUT2D eigenvalue weighted by Gasteiger charge is 2.16. The van der Waals surface area contributed by atoms with E-state index in [4.69, 9.17) is 4.74 Å². The van der Waals surface area contributed by atoms with Gasteiger partial charge in [0.05, 0.1) is 13.2 Å². The number of nitrogens with zero attached hydrogens (tertiary/aromatic N) is 1. The van der Waals surface area contributed by atoms with Gasteiger partial charge in [-0.2, -0.15) is 13.1 Å². The van der Waals surface area contributed by atoms with Gasteiger partial charge in [0.1, 0.15) is 0 Å². The normalized spacial score (nSPS) is 12.7. The molecule has 0 spiro atoms.